The van der Waals surface area contributed by atoms with E-state index in [4.69, 9.17) is 5.11 Å². The third-order valence-corrected chi connectivity index (χ3v) is 3.88. The summed E-state index contributed by atoms with van der Waals surface area (Å²) in [7, 11) is 0. The van der Waals surface area contributed by atoms with Gasteiger partial charge < -0.3 is 10.4 Å². The van der Waals surface area contributed by atoms with Crippen LogP contribution in [-0.4, -0.2) is 32.8 Å². The quantitative estimate of drug-likeness (QED) is 0.731. The summed E-state index contributed by atoms with van der Waals surface area (Å²) in [5.74, 6) is -0.687. The molecule has 1 aromatic rings. The third-order valence-electron chi connectivity index (χ3n) is 3.88. The lowest BCUT2D eigenvalue weighted by molar-refractivity contribution is -0.142. The van der Waals surface area contributed by atoms with Crippen molar-refractivity contribution in [2.45, 2.75) is 72.9 Å². The highest BCUT2D eigenvalue weighted by atomic mass is 16.4. The van der Waals surface area contributed by atoms with Gasteiger partial charge in [0.25, 0.3) is 0 Å². The Balaban J connectivity index is 2.65. The van der Waals surface area contributed by atoms with Gasteiger partial charge in [0.1, 0.15) is 6.04 Å². The van der Waals surface area contributed by atoms with E-state index in [0.29, 0.717) is 18.8 Å². The normalized spacial score (nSPS) is 12.4. The van der Waals surface area contributed by atoms with Crippen molar-refractivity contribution in [1.82, 2.24) is 15.1 Å². The fourth-order valence-corrected chi connectivity index (χ4v) is 2.67. The average Bonchev–Trinajstić information content (AvgIpc) is 2.70. The molecule has 1 unspecified atom stereocenters. The highest BCUT2D eigenvalue weighted by Gasteiger charge is 2.19. The molecule has 2 N–H and O–H groups in total. The SMILES string of the molecule is CCCC(NC(=O)CCc1c(C)nn(CC(C)C)c1C)C(=O)O. The number of nitrogens with zero attached hydrogens (tertiary/aromatic N) is 2. The number of aromatic nitrogens is 2. The van der Waals surface area contributed by atoms with Gasteiger partial charge in [-0.25, -0.2) is 4.79 Å². The molecule has 0 bridgehead atoms. The van der Waals surface area contributed by atoms with Crippen molar-refractivity contribution in [3.8, 4) is 0 Å². The molecule has 0 aliphatic rings. The molecule has 0 radical (unpaired) electrons. The topological polar surface area (TPSA) is 84.2 Å². The summed E-state index contributed by atoms with van der Waals surface area (Å²) in [6.45, 7) is 11.0. The van der Waals surface area contributed by atoms with Crippen molar-refractivity contribution in [3.63, 3.8) is 0 Å². The second-order valence-electron chi connectivity index (χ2n) is 6.47. The van der Waals surface area contributed by atoms with Crippen molar-refractivity contribution < 1.29 is 14.7 Å². The minimum atomic E-state index is -0.975. The monoisotopic (exact) mass is 323 g/mol. The molecule has 1 aromatic heterocycles. The van der Waals surface area contributed by atoms with Gasteiger partial charge in [0.05, 0.1) is 5.69 Å². The minimum absolute atomic E-state index is 0.221. The fourth-order valence-electron chi connectivity index (χ4n) is 2.67. The van der Waals surface area contributed by atoms with Gasteiger partial charge in [0, 0.05) is 18.7 Å². The van der Waals surface area contributed by atoms with Crippen molar-refractivity contribution in [2.24, 2.45) is 5.92 Å². The molecule has 1 amide bonds. The van der Waals surface area contributed by atoms with E-state index in [0.717, 1.165) is 29.9 Å². The van der Waals surface area contributed by atoms with Gasteiger partial charge in [0.15, 0.2) is 0 Å². The third kappa shape index (κ3) is 5.69. The number of aliphatic carboxylic acids is 1. The van der Waals surface area contributed by atoms with E-state index in [2.05, 4.69) is 24.3 Å². The van der Waals surface area contributed by atoms with Crippen molar-refractivity contribution in [1.29, 1.82) is 0 Å². The number of carboxylic acid groups (broad SMARTS) is 1. The van der Waals surface area contributed by atoms with Crippen LogP contribution in [0.5, 0.6) is 0 Å². The Morgan fingerprint density at radius 3 is 2.48 bits per heavy atom. The van der Waals surface area contributed by atoms with Crippen molar-refractivity contribution >= 4 is 11.9 Å². The van der Waals surface area contributed by atoms with E-state index in [1.54, 1.807) is 0 Å². The molecule has 0 spiro atoms. The summed E-state index contributed by atoms with van der Waals surface area (Å²) in [5.41, 5.74) is 3.12. The Hall–Kier alpha value is -1.85. The number of nitrogens with one attached hydrogen (secondary N) is 1. The molecule has 1 atom stereocenters. The van der Waals surface area contributed by atoms with Crippen LogP contribution < -0.4 is 5.32 Å². The first-order valence-electron chi connectivity index (χ1n) is 8.31. The predicted octanol–water partition coefficient (Wildman–Crippen LogP) is 2.46. The number of hydrogen-bond donors (Lipinski definition) is 2. The largest absolute Gasteiger partial charge is 0.480 e. The van der Waals surface area contributed by atoms with Crippen LogP contribution in [0.3, 0.4) is 0 Å². The second-order valence-corrected chi connectivity index (χ2v) is 6.47. The van der Waals surface area contributed by atoms with E-state index >= 15 is 0 Å². The van der Waals surface area contributed by atoms with Crippen LogP contribution in [0.1, 0.15) is 57.0 Å². The zero-order valence-electron chi connectivity index (χ0n) is 14.8. The standard InChI is InChI=1S/C17H29N3O3/c1-6-7-15(17(22)23)18-16(21)9-8-14-12(4)19-20(13(14)5)10-11(2)3/h11,15H,6-10H2,1-5H3,(H,18,21)(H,22,23). The van der Waals surface area contributed by atoms with Gasteiger partial charge in [-0.05, 0) is 38.2 Å². The lowest BCUT2D eigenvalue weighted by atomic mass is 10.1. The van der Waals surface area contributed by atoms with E-state index in [1.807, 2.05) is 25.5 Å². The molecule has 0 aromatic carbocycles. The van der Waals surface area contributed by atoms with Crippen molar-refractivity contribution in [3.05, 3.63) is 17.0 Å². The number of amides is 1. The van der Waals surface area contributed by atoms with Crippen LogP contribution in [0, 0.1) is 19.8 Å². The van der Waals surface area contributed by atoms with Crippen LogP contribution in [0.25, 0.3) is 0 Å². The van der Waals surface area contributed by atoms with Gasteiger partial charge in [-0.15, -0.1) is 0 Å². The Morgan fingerprint density at radius 2 is 1.96 bits per heavy atom. The molecule has 1 rings (SSSR count). The molecule has 0 aliphatic carbocycles. The van der Waals surface area contributed by atoms with Gasteiger partial charge in [-0.3, -0.25) is 9.48 Å². The first-order chi connectivity index (χ1) is 10.8. The number of hydrogen-bond acceptors (Lipinski definition) is 3. The molecule has 0 saturated heterocycles. The van der Waals surface area contributed by atoms with Crippen LogP contribution in [-0.2, 0) is 22.6 Å². The number of carboxylic acids is 1. The average molecular weight is 323 g/mol. The molecule has 0 fully saturated rings. The Labute approximate surface area is 138 Å². The first-order valence-corrected chi connectivity index (χ1v) is 8.31. The molecule has 23 heavy (non-hydrogen) atoms. The van der Waals surface area contributed by atoms with Crippen LogP contribution in [0.2, 0.25) is 0 Å². The number of carbonyl (C=O) groups is 2. The smallest absolute Gasteiger partial charge is 0.326 e. The summed E-state index contributed by atoms with van der Waals surface area (Å²) >= 11 is 0. The molecule has 6 heteroatoms. The lowest BCUT2D eigenvalue weighted by Crippen LogP contribution is -2.40. The molecule has 1 heterocycles. The summed E-state index contributed by atoms with van der Waals surface area (Å²) in [5, 5.41) is 16.2. The van der Waals surface area contributed by atoms with Gasteiger partial charge in [0.2, 0.25) is 5.91 Å². The van der Waals surface area contributed by atoms with Crippen LogP contribution in [0.15, 0.2) is 0 Å². The van der Waals surface area contributed by atoms with E-state index < -0.39 is 12.0 Å². The predicted molar refractivity (Wildman–Crippen MR) is 89.3 cm³/mol. The first kappa shape index (κ1) is 19.2. The van der Waals surface area contributed by atoms with E-state index in [-0.39, 0.29) is 12.3 Å². The van der Waals surface area contributed by atoms with E-state index in [1.165, 1.54) is 0 Å². The summed E-state index contributed by atoms with van der Waals surface area (Å²) in [6, 6.07) is -0.793. The number of rotatable bonds is 9. The molecular weight excluding hydrogens is 294 g/mol. The number of carbonyl (C=O) groups excluding carboxylic acids is 1. The van der Waals surface area contributed by atoms with Crippen LogP contribution in [0.4, 0.5) is 0 Å². The Bertz CT molecular complexity index is 550. The maximum Gasteiger partial charge on any atom is 0.326 e. The van der Waals surface area contributed by atoms with Crippen LogP contribution >= 0.6 is 0 Å². The van der Waals surface area contributed by atoms with Crippen molar-refractivity contribution in [2.75, 3.05) is 0 Å². The minimum Gasteiger partial charge on any atom is -0.480 e. The Morgan fingerprint density at radius 1 is 1.30 bits per heavy atom. The maximum atomic E-state index is 12.0. The van der Waals surface area contributed by atoms with E-state index in [9.17, 15) is 9.59 Å². The molecular formula is C17H29N3O3. The highest BCUT2D eigenvalue weighted by molar-refractivity contribution is 5.83. The van der Waals surface area contributed by atoms with Gasteiger partial charge in [-0.1, -0.05) is 27.2 Å². The lowest BCUT2D eigenvalue weighted by Gasteiger charge is -2.13. The van der Waals surface area contributed by atoms with Gasteiger partial charge in [-0.2, -0.15) is 5.10 Å². The van der Waals surface area contributed by atoms with Gasteiger partial charge >= 0.3 is 5.97 Å². The number of aryl methyl sites for hydroxylation is 1. The zero-order valence-corrected chi connectivity index (χ0v) is 14.8. The summed E-state index contributed by atoms with van der Waals surface area (Å²) < 4.78 is 1.99. The highest BCUT2D eigenvalue weighted by Crippen LogP contribution is 2.16. The second kappa shape index (κ2) is 8.70. The Kier molecular flexibility index (Phi) is 7.26. The molecule has 0 saturated carbocycles. The summed E-state index contributed by atoms with van der Waals surface area (Å²) in [4.78, 5) is 23.1. The zero-order chi connectivity index (χ0) is 17.6. The molecule has 0 aliphatic heterocycles. The maximum absolute atomic E-state index is 12.0. The summed E-state index contributed by atoms with van der Waals surface area (Å²) in [6.07, 6.45) is 2.03. The molecule has 130 valence electrons. The fraction of sp³-hybridized carbons (Fsp3) is 0.706. The molecule has 6 nitrogen and oxygen atoms in total.